The van der Waals surface area contributed by atoms with Crippen molar-refractivity contribution < 1.29 is 0 Å². The van der Waals surface area contributed by atoms with Crippen molar-refractivity contribution in [2.45, 2.75) is 38.6 Å². The third-order valence-corrected chi connectivity index (χ3v) is 1.42. The highest BCUT2D eigenvalue weighted by Gasteiger charge is 1.95. The highest BCUT2D eigenvalue weighted by Crippen LogP contribution is 1.99. The van der Waals surface area contributed by atoms with Gasteiger partial charge in [-0.3, -0.25) is 0 Å². The van der Waals surface area contributed by atoms with E-state index in [1.807, 2.05) is 0 Å². The number of terminal acetylenes is 1. The maximum atomic E-state index is 5.65. The summed E-state index contributed by atoms with van der Waals surface area (Å²) in [6.45, 7) is 2.10. The van der Waals surface area contributed by atoms with E-state index >= 15 is 0 Å². The van der Waals surface area contributed by atoms with Gasteiger partial charge in [0, 0.05) is 12.5 Å². The maximum absolute atomic E-state index is 5.65. The van der Waals surface area contributed by atoms with Crippen LogP contribution in [-0.2, 0) is 0 Å². The Balaban J connectivity index is 2.99. The summed E-state index contributed by atoms with van der Waals surface area (Å²) in [6.07, 6.45) is 9.14. The van der Waals surface area contributed by atoms with Crippen LogP contribution in [0.3, 0.4) is 0 Å². The molecule has 1 heteroatoms. The summed E-state index contributed by atoms with van der Waals surface area (Å²) >= 11 is 0. The topological polar surface area (TPSA) is 26.0 Å². The lowest BCUT2D eigenvalue weighted by Crippen LogP contribution is -2.17. The fourth-order valence-electron chi connectivity index (χ4n) is 0.670. The van der Waals surface area contributed by atoms with Gasteiger partial charge in [-0.1, -0.05) is 6.92 Å². The minimum Gasteiger partial charge on any atom is -0.328 e. The molecule has 0 aromatic heterocycles. The lowest BCUT2D eigenvalue weighted by molar-refractivity contribution is 0.574. The number of nitrogens with two attached hydrogens (primary N) is 1. The molecule has 1 nitrogen and oxygen atoms in total. The fourth-order valence-corrected chi connectivity index (χ4v) is 0.670. The minimum atomic E-state index is 0.360. The van der Waals surface area contributed by atoms with Gasteiger partial charge in [0.1, 0.15) is 0 Å². The summed E-state index contributed by atoms with van der Waals surface area (Å²) in [5.41, 5.74) is 5.65. The molecule has 0 aromatic carbocycles. The molecule has 0 amide bonds. The summed E-state index contributed by atoms with van der Waals surface area (Å²) in [6, 6.07) is 0.360. The largest absolute Gasteiger partial charge is 0.328 e. The normalized spacial score (nSPS) is 12.6. The van der Waals surface area contributed by atoms with Gasteiger partial charge in [-0.2, -0.15) is 0 Å². The average Bonchev–Trinajstić information content (AvgIpc) is 1.89. The minimum absolute atomic E-state index is 0.360. The van der Waals surface area contributed by atoms with Gasteiger partial charge < -0.3 is 5.73 Å². The van der Waals surface area contributed by atoms with E-state index in [0.717, 1.165) is 25.7 Å². The predicted molar refractivity (Wildman–Crippen MR) is 41.0 cm³/mol. The van der Waals surface area contributed by atoms with E-state index in [9.17, 15) is 0 Å². The highest BCUT2D eigenvalue weighted by molar-refractivity contribution is 4.83. The molecule has 0 aromatic rings. The Labute approximate surface area is 57.6 Å². The van der Waals surface area contributed by atoms with Crippen LogP contribution in [0, 0.1) is 12.3 Å². The van der Waals surface area contributed by atoms with Crippen LogP contribution in [-0.4, -0.2) is 6.04 Å². The third-order valence-electron chi connectivity index (χ3n) is 1.42. The van der Waals surface area contributed by atoms with Crippen molar-refractivity contribution in [3.8, 4) is 12.3 Å². The van der Waals surface area contributed by atoms with Gasteiger partial charge in [0.2, 0.25) is 0 Å². The molecule has 0 fully saturated rings. The molecule has 0 aliphatic heterocycles. The van der Waals surface area contributed by atoms with Gasteiger partial charge in [-0.25, -0.2) is 0 Å². The summed E-state index contributed by atoms with van der Waals surface area (Å²) in [7, 11) is 0. The Morgan fingerprint density at radius 1 is 1.67 bits per heavy atom. The van der Waals surface area contributed by atoms with Crippen LogP contribution >= 0.6 is 0 Å². The first-order chi connectivity index (χ1) is 4.31. The van der Waals surface area contributed by atoms with Crippen molar-refractivity contribution in [3.05, 3.63) is 0 Å². The van der Waals surface area contributed by atoms with Crippen molar-refractivity contribution in [3.63, 3.8) is 0 Å². The molecule has 52 valence electrons. The zero-order chi connectivity index (χ0) is 7.11. The summed E-state index contributed by atoms with van der Waals surface area (Å²) in [5.74, 6) is 2.59. The SMILES string of the molecule is C#CCCCC(N)CC. The van der Waals surface area contributed by atoms with Crippen LogP contribution in [0.15, 0.2) is 0 Å². The van der Waals surface area contributed by atoms with Gasteiger partial charge in [0.15, 0.2) is 0 Å². The van der Waals surface area contributed by atoms with Crippen molar-refractivity contribution in [2.24, 2.45) is 5.73 Å². The summed E-state index contributed by atoms with van der Waals surface area (Å²) < 4.78 is 0. The van der Waals surface area contributed by atoms with E-state index in [-0.39, 0.29) is 0 Å². The van der Waals surface area contributed by atoms with Gasteiger partial charge in [0.05, 0.1) is 0 Å². The molecule has 0 heterocycles. The molecule has 0 aliphatic rings. The molecule has 1 atom stereocenters. The monoisotopic (exact) mass is 125 g/mol. The first-order valence-corrected chi connectivity index (χ1v) is 3.50. The van der Waals surface area contributed by atoms with E-state index in [4.69, 9.17) is 12.2 Å². The second-order valence-corrected chi connectivity index (χ2v) is 2.26. The van der Waals surface area contributed by atoms with Crippen LogP contribution in [0.1, 0.15) is 32.6 Å². The molecule has 2 N–H and O–H groups in total. The molecule has 0 radical (unpaired) electrons. The molecule has 0 aliphatic carbocycles. The van der Waals surface area contributed by atoms with E-state index in [1.54, 1.807) is 0 Å². The lowest BCUT2D eigenvalue weighted by Gasteiger charge is -2.04. The van der Waals surface area contributed by atoms with Crippen LogP contribution in [0.4, 0.5) is 0 Å². The third kappa shape index (κ3) is 5.39. The summed E-state index contributed by atoms with van der Waals surface area (Å²) in [4.78, 5) is 0. The van der Waals surface area contributed by atoms with Crippen LogP contribution < -0.4 is 5.73 Å². The standard InChI is InChI=1S/C8H15N/c1-3-5-6-7-8(9)4-2/h1,8H,4-7,9H2,2H3. The van der Waals surface area contributed by atoms with Crippen LogP contribution in [0.25, 0.3) is 0 Å². The van der Waals surface area contributed by atoms with E-state index in [1.165, 1.54) is 0 Å². The summed E-state index contributed by atoms with van der Waals surface area (Å²) in [5, 5.41) is 0. The fraction of sp³-hybridized carbons (Fsp3) is 0.750. The zero-order valence-corrected chi connectivity index (χ0v) is 6.06. The number of unbranched alkanes of at least 4 members (excludes halogenated alkanes) is 1. The molecule has 0 bridgehead atoms. The first kappa shape index (κ1) is 8.52. The van der Waals surface area contributed by atoms with Crippen molar-refractivity contribution in [1.29, 1.82) is 0 Å². The predicted octanol–water partition coefficient (Wildman–Crippen LogP) is 1.53. The van der Waals surface area contributed by atoms with Crippen LogP contribution in [0.2, 0.25) is 0 Å². The molecule has 9 heavy (non-hydrogen) atoms. The number of hydrogen-bond acceptors (Lipinski definition) is 1. The Hall–Kier alpha value is -0.480. The van der Waals surface area contributed by atoms with E-state index in [2.05, 4.69) is 12.8 Å². The maximum Gasteiger partial charge on any atom is 0.00866 e. The van der Waals surface area contributed by atoms with Crippen molar-refractivity contribution >= 4 is 0 Å². The number of hydrogen-bond donors (Lipinski definition) is 1. The van der Waals surface area contributed by atoms with Crippen LogP contribution in [0.5, 0.6) is 0 Å². The number of rotatable bonds is 4. The Bertz CT molecular complexity index is 91.2. The second kappa shape index (κ2) is 5.65. The smallest absolute Gasteiger partial charge is 0.00866 e. The van der Waals surface area contributed by atoms with Gasteiger partial charge in [0.25, 0.3) is 0 Å². The molecule has 0 saturated heterocycles. The van der Waals surface area contributed by atoms with Crippen molar-refractivity contribution in [1.82, 2.24) is 0 Å². The molecule has 0 saturated carbocycles. The van der Waals surface area contributed by atoms with Gasteiger partial charge >= 0.3 is 0 Å². The van der Waals surface area contributed by atoms with Gasteiger partial charge in [-0.05, 0) is 19.3 Å². The Morgan fingerprint density at radius 2 is 2.33 bits per heavy atom. The molecule has 1 unspecified atom stereocenters. The van der Waals surface area contributed by atoms with Crippen molar-refractivity contribution in [2.75, 3.05) is 0 Å². The quantitative estimate of drug-likeness (QED) is 0.447. The lowest BCUT2D eigenvalue weighted by atomic mass is 10.1. The van der Waals surface area contributed by atoms with E-state index < -0.39 is 0 Å². The average molecular weight is 125 g/mol. The molecule has 0 spiro atoms. The highest BCUT2D eigenvalue weighted by atomic mass is 14.6. The molecule has 0 rings (SSSR count). The Morgan fingerprint density at radius 3 is 2.78 bits per heavy atom. The van der Waals surface area contributed by atoms with Gasteiger partial charge in [-0.15, -0.1) is 12.3 Å². The second-order valence-electron chi connectivity index (χ2n) is 2.26. The Kier molecular flexibility index (Phi) is 5.35. The van der Waals surface area contributed by atoms with E-state index in [0.29, 0.717) is 6.04 Å². The molecular formula is C8H15N. The molecular weight excluding hydrogens is 110 g/mol. The zero-order valence-electron chi connectivity index (χ0n) is 6.06. The first-order valence-electron chi connectivity index (χ1n) is 3.50.